The minimum Gasteiger partial charge on any atom is -0.277 e. The van der Waals surface area contributed by atoms with E-state index in [0.29, 0.717) is 12.8 Å². The second-order valence-electron chi connectivity index (χ2n) is 4.60. The van der Waals surface area contributed by atoms with Crippen molar-refractivity contribution in [2.45, 2.75) is 40.0 Å². The number of rotatable bonds is 5. The molecule has 2 N–H and O–H groups in total. The predicted molar refractivity (Wildman–Crippen MR) is 73.4 cm³/mol. The minimum absolute atomic E-state index is 0. The molecule has 4 amide bonds. The van der Waals surface area contributed by atoms with E-state index < -0.39 is 23.3 Å². The van der Waals surface area contributed by atoms with Gasteiger partial charge in [0, 0.05) is 29.6 Å². The van der Waals surface area contributed by atoms with Crippen LogP contribution in [0.1, 0.15) is 40.0 Å². The van der Waals surface area contributed by atoms with Crippen molar-refractivity contribution in [2.24, 2.45) is 11.3 Å². The average molecular weight is 275 g/mol. The monoisotopic (exact) mass is 275 g/mol. The van der Waals surface area contributed by atoms with Crippen LogP contribution in [0.4, 0.5) is 4.79 Å². The Balaban J connectivity index is 0.00000324. The van der Waals surface area contributed by atoms with Gasteiger partial charge in [0.25, 0.3) is 0 Å². The Kier molecular flexibility index (Phi) is 7.55. The molecular weight excluding hydrogens is 255 g/mol. The number of allylic oxidation sites excluding steroid dienone is 2. The SMILES string of the molecule is CCC=CCC1(C(C)CC)C(=O)NC(=O)NC1=O.[Na]. The van der Waals surface area contributed by atoms with E-state index in [4.69, 9.17) is 0 Å². The van der Waals surface area contributed by atoms with E-state index in [1.54, 1.807) is 0 Å². The molecule has 1 aliphatic heterocycles. The van der Waals surface area contributed by atoms with Gasteiger partial charge in [-0.25, -0.2) is 4.79 Å². The van der Waals surface area contributed by atoms with Crippen LogP contribution in [0.25, 0.3) is 0 Å². The molecule has 6 heteroatoms. The molecule has 5 nitrogen and oxygen atoms in total. The van der Waals surface area contributed by atoms with Gasteiger partial charge >= 0.3 is 6.03 Å². The van der Waals surface area contributed by atoms with E-state index in [1.165, 1.54) is 0 Å². The summed E-state index contributed by atoms with van der Waals surface area (Å²) in [4.78, 5) is 35.3. The molecule has 1 atom stereocenters. The largest absolute Gasteiger partial charge is 0.328 e. The quantitative estimate of drug-likeness (QED) is 0.452. The van der Waals surface area contributed by atoms with Crippen molar-refractivity contribution in [3.63, 3.8) is 0 Å². The summed E-state index contributed by atoms with van der Waals surface area (Å²) in [5.41, 5.74) is -1.17. The second-order valence-corrected chi connectivity index (χ2v) is 4.60. The summed E-state index contributed by atoms with van der Waals surface area (Å²) in [7, 11) is 0. The Bertz CT molecular complexity index is 373. The standard InChI is InChI=1S/C13H20N2O3.Na/c1-4-6-7-8-13(9(3)5-2)10(16)14-12(18)15-11(13)17;/h6-7,9H,4-5,8H2,1-3H3,(H2,14,15,16,17,18);. The van der Waals surface area contributed by atoms with Crippen LogP contribution in [0, 0.1) is 11.3 Å². The van der Waals surface area contributed by atoms with Crippen LogP contribution in [0.5, 0.6) is 0 Å². The minimum atomic E-state index is -1.17. The first-order valence-electron chi connectivity index (χ1n) is 6.30. The molecule has 0 aromatic carbocycles. The molecule has 0 aliphatic carbocycles. The molecule has 19 heavy (non-hydrogen) atoms. The van der Waals surface area contributed by atoms with Gasteiger partial charge in [-0.05, 0) is 18.8 Å². The van der Waals surface area contributed by atoms with Gasteiger partial charge in [0.15, 0.2) is 0 Å². The number of amides is 4. The molecule has 1 fully saturated rings. The Morgan fingerprint density at radius 1 is 1.11 bits per heavy atom. The zero-order valence-corrected chi connectivity index (χ0v) is 14.1. The van der Waals surface area contributed by atoms with Crippen LogP contribution in [0.2, 0.25) is 0 Å². The number of hydrogen-bond donors (Lipinski definition) is 2. The van der Waals surface area contributed by atoms with E-state index in [2.05, 4.69) is 10.6 Å². The van der Waals surface area contributed by atoms with E-state index in [-0.39, 0.29) is 35.5 Å². The molecule has 1 saturated heterocycles. The molecule has 1 unspecified atom stereocenters. The molecular formula is C13H20N2NaO3. The summed E-state index contributed by atoms with van der Waals surface area (Å²) in [5, 5.41) is 4.40. The number of hydrogen-bond acceptors (Lipinski definition) is 3. The van der Waals surface area contributed by atoms with Gasteiger partial charge in [-0.15, -0.1) is 0 Å². The third kappa shape index (κ3) is 3.68. The fraction of sp³-hybridized carbons (Fsp3) is 0.615. The maximum atomic E-state index is 12.1. The Morgan fingerprint density at radius 3 is 2.05 bits per heavy atom. The first-order valence-corrected chi connectivity index (χ1v) is 6.30. The Hall–Kier alpha value is -0.650. The van der Waals surface area contributed by atoms with E-state index in [0.717, 1.165) is 6.42 Å². The third-order valence-corrected chi connectivity index (χ3v) is 3.56. The normalized spacial score (nSPS) is 19.6. The fourth-order valence-electron chi connectivity index (χ4n) is 2.18. The van der Waals surface area contributed by atoms with Crippen LogP contribution in [-0.2, 0) is 9.59 Å². The third-order valence-electron chi connectivity index (χ3n) is 3.56. The van der Waals surface area contributed by atoms with Crippen molar-refractivity contribution in [1.29, 1.82) is 0 Å². The van der Waals surface area contributed by atoms with Crippen LogP contribution in [0.3, 0.4) is 0 Å². The number of barbiturate groups is 1. The zero-order valence-electron chi connectivity index (χ0n) is 12.1. The maximum Gasteiger partial charge on any atom is 0.328 e. The Labute approximate surface area is 135 Å². The van der Waals surface area contributed by atoms with Gasteiger partial charge in [-0.3, -0.25) is 20.2 Å². The molecule has 0 aromatic rings. The number of carbonyl (C=O) groups excluding carboxylic acids is 3. The van der Waals surface area contributed by atoms with Crippen LogP contribution in [-0.4, -0.2) is 47.4 Å². The van der Waals surface area contributed by atoms with Gasteiger partial charge in [0.2, 0.25) is 11.8 Å². The summed E-state index contributed by atoms with van der Waals surface area (Å²) in [6, 6.07) is -0.733. The van der Waals surface area contributed by atoms with Crippen molar-refractivity contribution in [3.05, 3.63) is 12.2 Å². The molecule has 0 spiro atoms. The van der Waals surface area contributed by atoms with E-state index in [1.807, 2.05) is 32.9 Å². The molecule has 1 radical (unpaired) electrons. The van der Waals surface area contributed by atoms with Gasteiger partial charge < -0.3 is 0 Å². The average Bonchev–Trinajstić information content (AvgIpc) is 2.32. The Morgan fingerprint density at radius 2 is 1.63 bits per heavy atom. The van der Waals surface area contributed by atoms with Crippen molar-refractivity contribution >= 4 is 47.4 Å². The first kappa shape index (κ1) is 18.4. The van der Waals surface area contributed by atoms with E-state index in [9.17, 15) is 14.4 Å². The number of imide groups is 2. The molecule has 0 bridgehead atoms. The van der Waals surface area contributed by atoms with Gasteiger partial charge in [0.05, 0.1) is 0 Å². The summed E-state index contributed by atoms with van der Waals surface area (Å²) >= 11 is 0. The summed E-state index contributed by atoms with van der Waals surface area (Å²) in [6.45, 7) is 5.76. The predicted octanol–water partition coefficient (Wildman–Crippen LogP) is 1.36. The number of carbonyl (C=O) groups is 3. The van der Waals surface area contributed by atoms with Crippen molar-refractivity contribution in [3.8, 4) is 0 Å². The van der Waals surface area contributed by atoms with Crippen molar-refractivity contribution < 1.29 is 14.4 Å². The molecule has 1 aliphatic rings. The summed E-state index contributed by atoms with van der Waals surface area (Å²) < 4.78 is 0. The molecule has 101 valence electrons. The van der Waals surface area contributed by atoms with Crippen molar-refractivity contribution in [2.75, 3.05) is 0 Å². The second kappa shape index (κ2) is 7.82. The fourth-order valence-corrected chi connectivity index (χ4v) is 2.18. The smallest absolute Gasteiger partial charge is 0.277 e. The topological polar surface area (TPSA) is 75.3 Å². The van der Waals surface area contributed by atoms with E-state index >= 15 is 0 Å². The van der Waals surface area contributed by atoms with Crippen LogP contribution in [0.15, 0.2) is 12.2 Å². The molecule has 0 saturated carbocycles. The van der Waals surface area contributed by atoms with Gasteiger partial charge in [0.1, 0.15) is 5.41 Å². The molecule has 0 aromatic heterocycles. The van der Waals surface area contributed by atoms with Crippen LogP contribution < -0.4 is 10.6 Å². The number of urea groups is 1. The summed E-state index contributed by atoms with van der Waals surface area (Å²) in [6.07, 6.45) is 5.61. The maximum absolute atomic E-state index is 12.1. The van der Waals surface area contributed by atoms with Gasteiger partial charge in [-0.2, -0.15) is 0 Å². The van der Waals surface area contributed by atoms with Crippen molar-refractivity contribution in [1.82, 2.24) is 10.6 Å². The molecule has 1 heterocycles. The number of nitrogens with one attached hydrogen (secondary N) is 2. The first-order chi connectivity index (χ1) is 8.48. The summed E-state index contributed by atoms with van der Waals surface area (Å²) in [5.74, 6) is -1.12. The van der Waals surface area contributed by atoms with Crippen LogP contribution >= 0.6 is 0 Å². The zero-order chi connectivity index (χ0) is 13.8. The van der Waals surface area contributed by atoms with Gasteiger partial charge in [-0.1, -0.05) is 39.3 Å². The molecule has 1 rings (SSSR count).